The van der Waals surface area contributed by atoms with Crippen molar-refractivity contribution in [3.63, 3.8) is 0 Å². The summed E-state index contributed by atoms with van der Waals surface area (Å²) in [6, 6.07) is 11.8. The number of hydrogen-bond donors (Lipinski definition) is 1. The molecule has 0 aliphatic rings. The second kappa shape index (κ2) is 9.27. The Bertz CT molecular complexity index is 957. The van der Waals surface area contributed by atoms with Crippen molar-refractivity contribution in [3.8, 4) is 0 Å². The lowest BCUT2D eigenvalue weighted by atomic mass is 10.2. The maximum absolute atomic E-state index is 12.2. The van der Waals surface area contributed by atoms with Crippen LogP contribution in [0.15, 0.2) is 47.6 Å². The summed E-state index contributed by atoms with van der Waals surface area (Å²) in [5.74, 6) is -0.609. The Morgan fingerprint density at radius 3 is 2.14 bits per heavy atom. The van der Waals surface area contributed by atoms with E-state index < -0.39 is 22.5 Å². The molecule has 2 rings (SSSR count). The van der Waals surface area contributed by atoms with Gasteiger partial charge in [0.25, 0.3) is 5.91 Å². The van der Waals surface area contributed by atoms with Gasteiger partial charge in [-0.3, -0.25) is 9.10 Å². The highest BCUT2D eigenvalue weighted by molar-refractivity contribution is 7.92. The SMILES string of the molecule is CN(C)c1ccc(/C=N\NC(=O)CN(c2cc(Cl)cc(Cl)c2)S(C)(=O)=O)cc1. The molecule has 1 amide bonds. The molecule has 0 aromatic heterocycles. The summed E-state index contributed by atoms with van der Waals surface area (Å²) in [4.78, 5) is 14.1. The molecule has 28 heavy (non-hydrogen) atoms. The van der Waals surface area contributed by atoms with E-state index in [1.165, 1.54) is 24.4 Å². The predicted octanol–water partition coefficient (Wildman–Crippen LogP) is 2.98. The van der Waals surface area contributed by atoms with Crippen molar-refractivity contribution in [2.24, 2.45) is 5.10 Å². The van der Waals surface area contributed by atoms with Crippen LogP contribution in [0.2, 0.25) is 10.0 Å². The van der Waals surface area contributed by atoms with E-state index in [1.54, 1.807) is 0 Å². The van der Waals surface area contributed by atoms with Gasteiger partial charge in [-0.15, -0.1) is 0 Å². The molecule has 0 unspecified atom stereocenters. The Kier molecular flexibility index (Phi) is 7.29. The zero-order valence-electron chi connectivity index (χ0n) is 15.6. The van der Waals surface area contributed by atoms with Crippen LogP contribution in [-0.4, -0.2) is 47.4 Å². The average molecular weight is 443 g/mol. The fraction of sp³-hybridized carbons (Fsp3) is 0.222. The molecule has 0 atom stereocenters. The summed E-state index contributed by atoms with van der Waals surface area (Å²) in [6.07, 6.45) is 2.46. The van der Waals surface area contributed by atoms with Crippen LogP contribution in [-0.2, 0) is 14.8 Å². The van der Waals surface area contributed by atoms with Gasteiger partial charge in [-0.1, -0.05) is 35.3 Å². The van der Waals surface area contributed by atoms with E-state index in [0.717, 1.165) is 21.8 Å². The number of anilines is 2. The molecule has 0 radical (unpaired) electrons. The number of rotatable bonds is 7. The third-order valence-electron chi connectivity index (χ3n) is 3.64. The van der Waals surface area contributed by atoms with Crippen LogP contribution in [0.4, 0.5) is 11.4 Å². The van der Waals surface area contributed by atoms with E-state index in [9.17, 15) is 13.2 Å². The average Bonchev–Trinajstić information content (AvgIpc) is 2.58. The molecule has 0 aliphatic carbocycles. The quantitative estimate of drug-likeness (QED) is 0.527. The first-order chi connectivity index (χ1) is 13.1. The van der Waals surface area contributed by atoms with Gasteiger partial charge in [0.15, 0.2) is 0 Å². The van der Waals surface area contributed by atoms with Crippen molar-refractivity contribution >= 4 is 56.7 Å². The van der Waals surface area contributed by atoms with Crippen LogP contribution < -0.4 is 14.6 Å². The second-order valence-electron chi connectivity index (χ2n) is 6.18. The van der Waals surface area contributed by atoms with Crippen LogP contribution >= 0.6 is 23.2 Å². The maximum atomic E-state index is 12.2. The molecule has 0 saturated heterocycles. The summed E-state index contributed by atoms with van der Waals surface area (Å²) in [6.45, 7) is -0.466. The number of nitrogens with one attached hydrogen (secondary N) is 1. The monoisotopic (exact) mass is 442 g/mol. The molecule has 0 heterocycles. The van der Waals surface area contributed by atoms with E-state index in [0.29, 0.717) is 0 Å². The minimum Gasteiger partial charge on any atom is -0.378 e. The Morgan fingerprint density at radius 2 is 1.64 bits per heavy atom. The van der Waals surface area contributed by atoms with E-state index >= 15 is 0 Å². The molecule has 0 aliphatic heterocycles. The van der Waals surface area contributed by atoms with Gasteiger partial charge in [-0.05, 0) is 35.9 Å². The summed E-state index contributed by atoms with van der Waals surface area (Å²) in [5.41, 5.74) is 4.33. The van der Waals surface area contributed by atoms with Crippen molar-refractivity contribution < 1.29 is 13.2 Å². The molecule has 1 N–H and O–H groups in total. The van der Waals surface area contributed by atoms with E-state index in [2.05, 4.69) is 10.5 Å². The van der Waals surface area contributed by atoms with E-state index in [1.807, 2.05) is 43.3 Å². The highest BCUT2D eigenvalue weighted by Gasteiger charge is 2.21. The predicted molar refractivity (Wildman–Crippen MR) is 115 cm³/mol. The largest absolute Gasteiger partial charge is 0.378 e. The first-order valence-electron chi connectivity index (χ1n) is 8.09. The third-order valence-corrected chi connectivity index (χ3v) is 5.21. The standard InChI is InChI=1S/C18H20Cl2N4O3S/c1-23(2)16-6-4-13(5-7-16)11-21-22-18(25)12-24(28(3,26)27)17-9-14(19)8-15(20)10-17/h4-11H,12H2,1-3H3,(H,22,25)/b21-11-. The van der Waals surface area contributed by atoms with Gasteiger partial charge >= 0.3 is 0 Å². The van der Waals surface area contributed by atoms with Gasteiger partial charge in [0.1, 0.15) is 6.54 Å². The van der Waals surface area contributed by atoms with Crippen molar-refractivity contribution in [2.75, 3.05) is 36.1 Å². The van der Waals surface area contributed by atoms with Crippen molar-refractivity contribution in [3.05, 3.63) is 58.1 Å². The molecule has 10 heteroatoms. The molecule has 150 valence electrons. The summed E-state index contributed by atoms with van der Waals surface area (Å²) >= 11 is 11.9. The fourth-order valence-electron chi connectivity index (χ4n) is 2.29. The molecule has 0 spiro atoms. The summed E-state index contributed by atoms with van der Waals surface area (Å²) < 4.78 is 25.1. The zero-order valence-corrected chi connectivity index (χ0v) is 17.9. The number of amides is 1. The molecule has 0 bridgehead atoms. The Hall–Kier alpha value is -2.29. The Labute approximate surface area is 174 Å². The van der Waals surface area contributed by atoms with Gasteiger partial charge in [-0.25, -0.2) is 13.8 Å². The van der Waals surface area contributed by atoms with E-state index in [-0.39, 0.29) is 15.7 Å². The number of hydrogen-bond acceptors (Lipinski definition) is 5. The fourth-order valence-corrected chi connectivity index (χ4v) is 3.64. The van der Waals surface area contributed by atoms with Gasteiger partial charge in [0.05, 0.1) is 18.2 Å². The number of halogens is 2. The number of carbonyl (C=O) groups is 1. The van der Waals surface area contributed by atoms with Crippen LogP contribution in [0.1, 0.15) is 5.56 Å². The highest BCUT2D eigenvalue weighted by Crippen LogP contribution is 2.26. The van der Waals surface area contributed by atoms with Crippen LogP contribution in [0.5, 0.6) is 0 Å². The highest BCUT2D eigenvalue weighted by atomic mass is 35.5. The number of sulfonamides is 1. The number of carbonyl (C=O) groups excluding carboxylic acids is 1. The Balaban J connectivity index is 2.07. The van der Waals surface area contributed by atoms with Crippen LogP contribution in [0, 0.1) is 0 Å². The second-order valence-corrected chi connectivity index (χ2v) is 8.96. The molecule has 0 saturated carbocycles. The minimum atomic E-state index is -3.74. The van der Waals surface area contributed by atoms with Crippen LogP contribution in [0.3, 0.4) is 0 Å². The van der Waals surface area contributed by atoms with Crippen molar-refractivity contribution in [2.45, 2.75) is 0 Å². The molecular formula is C18H20Cl2N4O3S. The first-order valence-corrected chi connectivity index (χ1v) is 10.7. The smallest absolute Gasteiger partial charge is 0.260 e. The lowest BCUT2D eigenvalue weighted by Gasteiger charge is -2.21. The van der Waals surface area contributed by atoms with Crippen molar-refractivity contribution in [1.29, 1.82) is 0 Å². The van der Waals surface area contributed by atoms with Gasteiger partial charge < -0.3 is 4.90 Å². The lowest BCUT2D eigenvalue weighted by molar-refractivity contribution is -0.119. The number of benzene rings is 2. The summed E-state index contributed by atoms with van der Waals surface area (Å²) in [5, 5.41) is 4.39. The number of hydrazone groups is 1. The molecule has 2 aromatic rings. The first kappa shape index (κ1) is 22.0. The van der Waals surface area contributed by atoms with E-state index in [4.69, 9.17) is 23.2 Å². The molecule has 0 fully saturated rings. The zero-order chi connectivity index (χ0) is 20.9. The summed E-state index contributed by atoms with van der Waals surface area (Å²) in [7, 11) is 0.131. The van der Waals surface area contributed by atoms with Crippen LogP contribution in [0.25, 0.3) is 0 Å². The third kappa shape index (κ3) is 6.40. The number of nitrogens with zero attached hydrogens (tertiary/aromatic N) is 3. The minimum absolute atomic E-state index is 0.193. The lowest BCUT2D eigenvalue weighted by Crippen LogP contribution is -2.39. The Morgan fingerprint density at radius 1 is 1.07 bits per heavy atom. The normalized spacial score (nSPS) is 11.5. The molecule has 7 nitrogen and oxygen atoms in total. The van der Waals surface area contributed by atoms with Gasteiger partial charge in [-0.2, -0.15) is 5.10 Å². The van der Waals surface area contributed by atoms with Gasteiger partial charge in [0, 0.05) is 29.8 Å². The van der Waals surface area contributed by atoms with Gasteiger partial charge in [0.2, 0.25) is 10.0 Å². The molecular weight excluding hydrogens is 423 g/mol. The topological polar surface area (TPSA) is 82.1 Å². The molecule has 2 aromatic carbocycles. The van der Waals surface area contributed by atoms with Crippen molar-refractivity contribution in [1.82, 2.24) is 5.43 Å². The maximum Gasteiger partial charge on any atom is 0.260 e.